The zero-order valence-corrected chi connectivity index (χ0v) is 17.6. The number of hydrogen-bond donors (Lipinski definition) is 0. The number of rotatable bonds is 1. The molecule has 2 aromatic rings. The Bertz CT molecular complexity index is 822. The minimum Gasteiger partial charge on any atom is -0.332 e. The Labute approximate surface area is 169 Å². The van der Waals surface area contributed by atoms with Crippen molar-refractivity contribution < 1.29 is 4.79 Å². The molecule has 25 heavy (non-hydrogen) atoms. The van der Waals surface area contributed by atoms with Crippen LogP contribution >= 0.6 is 45.7 Å². The van der Waals surface area contributed by atoms with Gasteiger partial charge in [0.25, 0.3) is 5.91 Å². The van der Waals surface area contributed by atoms with E-state index in [2.05, 4.69) is 39.6 Å². The number of nitrogens with zero attached hydrogens (tertiary/aromatic N) is 2. The van der Waals surface area contributed by atoms with E-state index in [1.807, 2.05) is 46.2 Å². The average molecular weight is 482 g/mol. The molecule has 6 heteroatoms. The summed E-state index contributed by atoms with van der Waals surface area (Å²) in [6.07, 6.45) is 4.68. The number of carbonyl (C=O) groups is 1. The van der Waals surface area contributed by atoms with E-state index >= 15 is 0 Å². The fourth-order valence-corrected chi connectivity index (χ4v) is 7.81. The third kappa shape index (κ3) is 2.63. The highest BCUT2D eigenvalue weighted by molar-refractivity contribution is 14.1. The maximum absolute atomic E-state index is 13.6. The van der Waals surface area contributed by atoms with Crippen molar-refractivity contribution in [2.75, 3.05) is 22.1 Å². The molecule has 1 amide bonds. The van der Waals surface area contributed by atoms with Gasteiger partial charge in [0.2, 0.25) is 0 Å². The zero-order chi connectivity index (χ0) is 17.0. The van der Waals surface area contributed by atoms with E-state index in [-0.39, 0.29) is 11.4 Å². The van der Waals surface area contributed by atoms with Crippen molar-refractivity contribution in [3.05, 3.63) is 46.3 Å². The number of alkyl halides is 1. The smallest absolute Gasteiger partial charge is 0.263 e. The van der Waals surface area contributed by atoms with E-state index in [9.17, 15) is 4.79 Å². The third-order valence-corrected chi connectivity index (χ3v) is 9.31. The van der Waals surface area contributed by atoms with E-state index in [1.54, 1.807) is 0 Å². The normalized spacial score (nSPS) is 25.4. The van der Waals surface area contributed by atoms with Crippen molar-refractivity contribution in [1.29, 1.82) is 0 Å². The van der Waals surface area contributed by atoms with Crippen LogP contribution in [0, 0.1) is 0 Å². The van der Waals surface area contributed by atoms with Gasteiger partial charge in [0.15, 0.2) is 5.50 Å². The van der Waals surface area contributed by atoms with Gasteiger partial charge in [0, 0.05) is 26.8 Å². The second-order valence-electron chi connectivity index (χ2n) is 6.81. The van der Waals surface area contributed by atoms with Gasteiger partial charge in [0.05, 0.1) is 5.56 Å². The average Bonchev–Trinajstić information content (AvgIpc) is 3.03. The molecule has 1 aromatic carbocycles. The minimum absolute atomic E-state index is 0.0912. The third-order valence-electron chi connectivity index (χ3n) is 5.19. The maximum Gasteiger partial charge on any atom is 0.263 e. The van der Waals surface area contributed by atoms with Crippen LogP contribution in [0.15, 0.2) is 30.3 Å². The Hall–Kier alpha value is -0.730. The number of hydrogen-bond acceptors (Lipinski definition) is 4. The van der Waals surface area contributed by atoms with Crippen molar-refractivity contribution in [3.63, 3.8) is 0 Å². The van der Waals surface area contributed by atoms with E-state index in [1.165, 1.54) is 28.3 Å². The molecule has 0 spiro atoms. The first kappa shape index (κ1) is 16.4. The predicted molar refractivity (Wildman–Crippen MR) is 116 cm³/mol. The van der Waals surface area contributed by atoms with Crippen LogP contribution in [0.2, 0.25) is 0 Å². The van der Waals surface area contributed by atoms with Crippen LogP contribution in [0.3, 0.4) is 0 Å². The molecule has 1 fully saturated rings. The van der Waals surface area contributed by atoms with Gasteiger partial charge in [-0.15, -0.1) is 23.1 Å². The molecule has 3 heterocycles. The lowest BCUT2D eigenvalue weighted by Crippen LogP contribution is -2.57. The van der Waals surface area contributed by atoms with Crippen molar-refractivity contribution in [2.24, 2.45) is 0 Å². The quantitative estimate of drug-likeness (QED) is 0.426. The van der Waals surface area contributed by atoms with Crippen molar-refractivity contribution in [1.82, 2.24) is 0 Å². The minimum atomic E-state index is 0.0912. The summed E-state index contributed by atoms with van der Waals surface area (Å²) in [5.41, 5.74) is 3.46. The molecular weight excluding hydrogens is 463 g/mol. The molecule has 1 aromatic heterocycles. The summed E-state index contributed by atoms with van der Waals surface area (Å²) in [6, 6.07) is 10.2. The first-order valence-electron chi connectivity index (χ1n) is 8.79. The first-order valence-corrected chi connectivity index (χ1v) is 11.9. The fraction of sp³-hybridized carbons (Fsp3) is 0.421. The summed E-state index contributed by atoms with van der Waals surface area (Å²) in [7, 11) is 0. The van der Waals surface area contributed by atoms with Crippen LogP contribution in [-0.2, 0) is 12.8 Å². The summed E-state index contributed by atoms with van der Waals surface area (Å²) in [5.74, 6) is 1.31. The second kappa shape index (κ2) is 6.46. The lowest BCUT2D eigenvalue weighted by atomic mass is 9.94. The maximum atomic E-state index is 13.6. The standard InChI is InChI=1S/C19H19IN2OS2/c20-12-10-21-18-16(14-8-4-5-9-15(14)25-18)17(23)22(19(21)24-11-12)13-6-2-1-3-7-13/h1-3,6-7,12,19H,4-5,8-11H2. The van der Waals surface area contributed by atoms with Crippen LogP contribution in [0.4, 0.5) is 10.7 Å². The van der Waals surface area contributed by atoms with Crippen molar-refractivity contribution in [2.45, 2.75) is 35.1 Å². The first-order chi connectivity index (χ1) is 12.2. The summed E-state index contributed by atoms with van der Waals surface area (Å²) in [6.45, 7) is 1.03. The number of thioether (sulfide) groups is 1. The highest BCUT2D eigenvalue weighted by Crippen LogP contribution is 2.49. The van der Waals surface area contributed by atoms with Gasteiger partial charge in [-0.1, -0.05) is 40.8 Å². The molecule has 2 unspecified atom stereocenters. The predicted octanol–water partition coefficient (Wildman–Crippen LogP) is 4.93. The lowest BCUT2D eigenvalue weighted by Gasteiger charge is -2.47. The number of benzene rings is 1. The molecular formula is C19H19IN2OS2. The van der Waals surface area contributed by atoms with Gasteiger partial charge in [-0.25, -0.2) is 0 Å². The van der Waals surface area contributed by atoms with Gasteiger partial charge in [-0.3, -0.25) is 9.69 Å². The molecule has 0 bridgehead atoms. The monoisotopic (exact) mass is 482 g/mol. The van der Waals surface area contributed by atoms with Gasteiger partial charge < -0.3 is 4.90 Å². The molecule has 5 rings (SSSR count). The molecule has 2 aliphatic heterocycles. The van der Waals surface area contributed by atoms with Crippen LogP contribution in [0.1, 0.15) is 33.6 Å². The Morgan fingerprint density at radius 2 is 1.92 bits per heavy atom. The molecule has 130 valence electrons. The number of amides is 1. The number of carbonyl (C=O) groups excluding carboxylic acids is 1. The number of anilines is 2. The van der Waals surface area contributed by atoms with E-state index in [4.69, 9.17) is 0 Å². The molecule has 3 aliphatic rings. The molecule has 1 saturated heterocycles. The molecule has 1 aliphatic carbocycles. The van der Waals surface area contributed by atoms with Gasteiger partial charge >= 0.3 is 0 Å². The Morgan fingerprint density at radius 1 is 1.12 bits per heavy atom. The van der Waals surface area contributed by atoms with Crippen LogP contribution in [-0.4, -0.2) is 27.6 Å². The number of thiophene rings is 1. The molecule has 2 atom stereocenters. The SMILES string of the molecule is O=C1c2c(sc3c2CCCC3)N2CC(I)CSC2N1c1ccccc1. The van der Waals surface area contributed by atoms with E-state index < -0.39 is 0 Å². The molecule has 3 nitrogen and oxygen atoms in total. The van der Waals surface area contributed by atoms with Crippen molar-refractivity contribution >= 4 is 62.3 Å². The molecule has 0 radical (unpaired) electrons. The molecule has 0 saturated carbocycles. The van der Waals surface area contributed by atoms with Gasteiger partial charge in [0.1, 0.15) is 5.00 Å². The second-order valence-corrected chi connectivity index (χ2v) is 10.7. The highest BCUT2D eigenvalue weighted by Gasteiger charge is 2.45. The van der Waals surface area contributed by atoms with Gasteiger partial charge in [-0.05, 0) is 43.4 Å². The number of fused-ring (bicyclic) bond motifs is 5. The van der Waals surface area contributed by atoms with Crippen LogP contribution in [0.25, 0.3) is 0 Å². The number of para-hydroxylation sites is 1. The zero-order valence-electron chi connectivity index (χ0n) is 13.8. The fourth-order valence-electron chi connectivity index (χ4n) is 4.06. The summed E-state index contributed by atoms with van der Waals surface area (Å²) in [4.78, 5) is 19.6. The topological polar surface area (TPSA) is 23.6 Å². The lowest BCUT2D eigenvalue weighted by molar-refractivity contribution is 0.0978. The van der Waals surface area contributed by atoms with Crippen molar-refractivity contribution in [3.8, 4) is 0 Å². The highest BCUT2D eigenvalue weighted by atomic mass is 127. The summed E-state index contributed by atoms with van der Waals surface area (Å²) >= 11 is 6.35. The van der Waals surface area contributed by atoms with Gasteiger partial charge in [-0.2, -0.15) is 0 Å². The Morgan fingerprint density at radius 3 is 2.76 bits per heavy atom. The Kier molecular flexibility index (Phi) is 4.25. The number of aryl methyl sites for hydroxylation is 1. The van der Waals surface area contributed by atoms with E-state index in [0.717, 1.165) is 36.4 Å². The van der Waals surface area contributed by atoms with Crippen LogP contribution in [0.5, 0.6) is 0 Å². The summed E-state index contributed by atoms with van der Waals surface area (Å²) < 4.78 is 0.622. The summed E-state index contributed by atoms with van der Waals surface area (Å²) in [5, 5.41) is 1.24. The van der Waals surface area contributed by atoms with E-state index in [0.29, 0.717) is 3.92 Å². The van der Waals surface area contributed by atoms with Crippen LogP contribution < -0.4 is 9.80 Å². The Balaban J connectivity index is 1.68. The number of halogens is 1. The molecule has 0 N–H and O–H groups in total. The largest absolute Gasteiger partial charge is 0.332 e.